The van der Waals surface area contributed by atoms with E-state index >= 15 is 0 Å². The highest BCUT2D eigenvalue weighted by molar-refractivity contribution is 9.10. The molecule has 2 N–H and O–H groups in total. The summed E-state index contributed by atoms with van der Waals surface area (Å²) in [5.41, 5.74) is -1.13. The number of halogens is 4. The van der Waals surface area contributed by atoms with Crippen LogP contribution in [-0.4, -0.2) is 24.9 Å². The number of rotatable bonds is 3. The van der Waals surface area contributed by atoms with Crippen molar-refractivity contribution in [2.24, 2.45) is 0 Å². The number of aliphatic hydroxyl groups is 1. The summed E-state index contributed by atoms with van der Waals surface area (Å²) in [6.45, 7) is 0. The third-order valence-corrected chi connectivity index (χ3v) is 6.16. The van der Waals surface area contributed by atoms with E-state index in [1.54, 1.807) is 0 Å². The van der Waals surface area contributed by atoms with Crippen LogP contribution in [0.5, 0.6) is 0 Å². The van der Waals surface area contributed by atoms with Crippen LogP contribution in [0.1, 0.15) is 31.2 Å². The van der Waals surface area contributed by atoms with Gasteiger partial charge in [0.25, 0.3) is 0 Å². The zero-order valence-corrected chi connectivity index (χ0v) is 13.8. The smallest absolute Gasteiger partial charge is 0.392 e. The minimum atomic E-state index is -4.59. The van der Waals surface area contributed by atoms with Crippen LogP contribution in [-0.2, 0) is 16.2 Å². The lowest BCUT2D eigenvalue weighted by molar-refractivity contribution is -0.138. The average molecular weight is 402 g/mol. The fourth-order valence-corrected chi connectivity index (χ4v) is 4.59. The van der Waals surface area contributed by atoms with Gasteiger partial charge in [-0.15, -0.1) is 0 Å². The largest absolute Gasteiger partial charge is 0.417 e. The van der Waals surface area contributed by atoms with E-state index in [9.17, 15) is 26.7 Å². The van der Waals surface area contributed by atoms with Crippen molar-refractivity contribution >= 4 is 31.6 Å². The highest BCUT2D eigenvalue weighted by Gasteiger charge is 2.36. The van der Waals surface area contributed by atoms with Crippen LogP contribution < -0.4 is 4.72 Å². The molecule has 0 spiro atoms. The number of hydrogen-bond donors (Lipinski definition) is 2. The van der Waals surface area contributed by atoms with Crippen LogP contribution in [0, 0.1) is 0 Å². The van der Waals surface area contributed by atoms with E-state index in [1.807, 2.05) is 0 Å². The van der Waals surface area contributed by atoms with E-state index in [2.05, 4.69) is 20.7 Å². The van der Waals surface area contributed by atoms with Crippen molar-refractivity contribution in [1.29, 1.82) is 0 Å². The van der Waals surface area contributed by atoms with Crippen molar-refractivity contribution < 1.29 is 26.7 Å². The molecule has 0 aromatic heterocycles. The Hall–Kier alpha value is -0.800. The Kier molecular flexibility index (Phi) is 5.08. The number of anilines is 1. The van der Waals surface area contributed by atoms with Crippen LogP contribution in [0.4, 0.5) is 18.9 Å². The fraction of sp³-hybridized carbons (Fsp3) is 0.538. The Morgan fingerprint density at radius 2 is 1.86 bits per heavy atom. The maximum atomic E-state index is 12.8. The van der Waals surface area contributed by atoms with Gasteiger partial charge in [-0.3, -0.25) is 4.72 Å². The minimum Gasteiger partial charge on any atom is -0.392 e. The fourth-order valence-electron chi connectivity index (χ4n) is 2.49. The molecule has 2 unspecified atom stereocenters. The molecule has 1 aliphatic carbocycles. The average Bonchev–Trinajstić information content (AvgIpc) is 2.39. The van der Waals surface area contributed by atoms with Gasteiger partial charge in [-0.1, -0.05) is 28.8 Å². The molecule has 1 saturated carbocycles. The van der Waals surface area contributed by atoms with Crippen molar-refractivity contribution in [1.82, 2.24) is 0 Å². The summed E-state index contributed by atoms with van der Waals surface area (Å²) < 4.78 is 65.0. The first-order valence-electron chi connectivity index (χ1n) is 6.68. The van der Waals surface area contributed by atoms with E-state index in [4.69, 9.17) is 0 Å². The van der Waals surface area contributed by atoms with Gasteiger partial charge in [0.15, 0.2) is 0 Å². The van der Waals surface area contributed by atoms with Crippen molar-refractivity contribution in [3.8, 4) is 0 Å². The Bertz CT molecular complexity index is 648. The second-order valence-corrected chi connectivity index (χ2v) is 7.98. The van der Waals surface area contributed by atoms with Gasteiger partial charge in [0, 0.05) is 10.2 Å². The number of sulfonamides is 1. The first kappa shape index (κ1) is 17.6. The maximum absolute atomic E-state index is 12.8. The van der Waals surface area contributed by atoms with E-state index in [-0.39, 0.29) is 10.2 Å². The van der Waals surface area contributed by atoms with Gasteiger partial charge < -0.3 is 5.11 Å². The van der Waals surface area contributed by atoms with Crippen LogP contribution in [0.25, 0.3) is 0 Å². The first-order valence-corrected chi connectivity index (χ1v) is 9.01. The monoisotopic (exact) mass is 401 g/mol. The van der Waals surface area contributed by atoms with Crippen molar-refractivity contribution in [2.75, 3.05) is 4.72 Å². The van der Waals surface area contributed by atoms with Crippen LogP contribution >= 0.6 is 15.9 Å². The summed E-state index contributed by atoms with van der Waals surface area (Å²) in [5.74, 6) is 0. The summed E-state index contributed by atoms with van der Waals surface area (Å²) in [5, 5.41) is 8.80. The Labute approximate surface area is 134 Å². The van der Waals surface area contributed by atoms with Gasteiger partial charge in [-0.05, 0) is 31.0 Å². The first-order chi connectivity index (χ1) is 10.1. The Balaban J connectivity index is 2.26. The molecule has 1 aromatic carbocycles. The number of aliphatic hydroxyl groups excluding tert-OH is 1. The van der Waals surface area contributed by atoms with E-state index in [0.29, 0.717) is 19.3 Å². The van der Waals surface area contributed by atoms with Crippen LogP contribution in [0.3, 0.4) is 0 Å². The molecule has 2 rings (SSSR count). The Morgan fingerprint density at radius 3 is 2.45 bits per heavy atom. The molecular formula is C13H15BrF3NO3S. The molecule has 0 heterocycles. The lowest BCUT2D eigenvalue weighted by Gasteiger charge is -2.27. The quantitative estimate of drug-likeness (QED) is 0.814. The summed E-state index contributed by atoms with van der Waals surface area (Å²) in [6.07, 6.45) is -3.52. The predicted molar refractivity (Wildman–Crippen MR) is 79.9 cm³/mol. The highest BCUT2D eigenvalue weighted by atomic mass is 79.9. The van der Waals surface area contributed by atoms with E-state index in [0.717, 1.165) is 18.6 Å². The molecule has 0 aliphatic heterocycles. The molecule has 22 heavy (non-hydrogen) atoms. The molecule has 0 amide bonds. The van der Waals surface area contributed by atoms with Gasteiger partial charge in [-0.2, -0.15) is 13.2 Å². The molecule has 1 fully saturated rings. The standard InChI is InChI=1S/C13H15BrF3NO3S/c14-10-6-5-8(7-9(10)13(15,16)17)18-22(20,21)12-4-2-1-3-11(12)19/h5-7,11-12,18-19H,1-4H2. The lowest BCUT2D eigenvalue weighted by Crippen LogP contribution is -2.40. The molecule has 0 saturated heterocycles. The molecule has 9 heteroatoms. The summed E-state index contributed by atoms with van der Waals surface area (Å²) >= 11 is 2.79. The number of nitrogens with one attached hydrogen (secondary N) is 1. The zero-order chi connectivity index (χ0) is 16.5. The van der Waals surface area contributed by atoms with E-state index < -0.39 is 33.1 Å². The topological polar surface area (TPSA) is 66.4 Å². The third kappa shape index (κ3) is 3.94. The minimum absolute atomic E-state index is 0.166. The second-order valence-electron chi connectivity index (χ2n) is 5.23. The molecule has 1 aliphatic rings. The van der Waals surface area contributed by atoms with Gasteiger partial charge in [0.05, 0.1) is 11.7 Å². The molecule has 0 bridgehead atoms. The Morgan fingerprint density at radius 1 is 1.23 bits per heavy atom. The van der Waals surface area contributed by atoms with Crippen molar-refractivity contribution in [3.05, 3.63) is 28.2 Å². The van der Waals surface area contributed by atoms with Crippen molar-refractivity contribution in [2.45, 2.75) is 43.2 Å². The maximum Gasteiger partial charge on any atom is 0.417 e. The molecular weight excluding hydrogens is 387 g/mol. The normalized spacial score (nSPS) is 23.3. The summed E-state index contributed by atoms with van der Waals surface area (Å²) in [7, 11) is -3.94. The van der Waals surface area contributed by atoms with Gasteiger partial charge in [0.1, 0.15) is 5.25 Å². The van der Waals surface area contributed by atoms with Crippen LogP contribution in [0.2, 0.25) is 0 Å². The second kappa shape index (κ2) is 6.37. The molecule has 2 atom stereocenters. The molecule has 1 aromatic rings. The van der Waals surface area contributed by atoms with Crippen molar-refractivity contribution in [3.63, 3.8) is 0 Å². The molecule has 4 nitrogen and oxygen atoms in total. The van der Waals surface area contributed by atoms with E-state index in [1.165, 1.54) is 6.07 Å². The molecule has 124 valence electrons. The highest BCUT2D eigenvalue weighted by Crippen LogP contribution is 2.37. The summed E-state index contributed by atoms with van der Waals surface area (Å²) in [4.78, 5) is 0. The molecule has 0 radical (unpaired) electrons. The SMILES string of the molecule is O=S(=O)(Nc1ccc(Br)c(C(F)(F)F)c1)C1CCCCC1O. The summed E-state index contributed by atoms with van der Waals surface area (Å²) in [6, 6.07) is 3.11. The number of hydrogen-bond acceptors (Lipinski definition) is 3. The zero-order valence-electron chi connectivity index (χ0n) is 11.4. The van der Waals surface area contributed by atoms with Gasteiger partial charge >= 0.3 is 6.18 Å². The number of benzene rings is 1. The van der Waals surface area contributed by atoms with Gasteiger partial charge in [-0.25, -0.2) is 8.42 Å². The lowest BCUT2D eigenvalue weighted by atomic mass is 9.97. The number of alkyl halides is 3. The third-order valence-electron chi connectivity index (χ3n) is 3.60. The predicted octanol–water partition coefficient (Wildman–Crippen LogP) is 3.51. The van der Waals surface area contributed by atoms with Gasteiger partial charge in [0.2, 0.25) is 10.0 Å². The van der Waals surface area contributed by atoms with Crippen LogP contribution in [0.15, 0.2) is 22.7 Å².